The van der Waals surface area contributed by atoms with E-state index in [1.54, 1.807) is 0 Å². The second-order valence-electron chi connectivity index (χ2n) is 3.27. The van der Waals surface area contributed by atoms with E-state index in [0.29, 0.717) is 6.54 Å². The molecule has 1 nitrogen and oxygen atoms in total. The quantitative estimate of drug-likeness (QED) is 0.335. The van der Waals surface area contributed by atoms with E-state index in [0.717, 1.165) is 0 Å². The minimum absolute atomic E-state index is 0.215. The molecule has 0 rings (SSSR count). The van der Waals surface area contributed by atoms with Crippen molar-refractivity contribution < 1.29 is 0 Å². The van der Waals surface area contributed by atoms with Crippen LogP contribution in [-0.2, 0) is 0 Å². The molecule has 0 unspecified atom stereocenters. The summed E-state index contributed by atoms with van der Waals surface area (Å²) in [7, 11) is -1.28. The molecule has 0 aromatic carbocycles. The average molecular weight is 181 g/mol. The summed E-state index contributed by atoms with van der Waals surface area (Å²) in [6.07, 6.45) is 0. The first-order valence-corrected chi connectivity index (χ1v) is 7.35. The van der Waals surface area contributed by atoms with Crippen LogP contribution in [0, 0.1) is 0 Å². The molecule has 0 aliphatic rings. The van der Waals surface area contributed by atoms with Gasteiger partial charge in [0, 0.05) is 6.54 Å². The van der Waals surface area contributed by atoms with Crippen molar-refractivity contribution in [3.63, 3.8) is 0 Å². The molecule has 0 aliphatic carbocycles. The van der Waals surface area contributed by atoms with Crippen LogP contribution >= 0.6 is 25.3 Å². The minimum Gasteiger partial charge on any atom is -0.329 e. The van der Waals surface area contributed by atoms with Crippen molar-refractivity contribution in [3.05, 3.63) is 0 Å². The lowest BCUT2D eigenvalue weighted by atomic mass is 10.8. The van der Waals surface area contributed by atoms with Gasteiger partial charge < -0.3 is 5.73 Å². The van der Waals surface area contributed by atoms with Gasteiger partial charge in [-0.3, -0.25) is 0 Å². The second-order valence-corrected chi connectivity index (χ2v) is 11.3. The van der Waals surface area contributed by atoms with Crippen LogP contribution in [0.15, 0.2) is 0 Å². The third kappa shape index (κ3) is 2.53. The zero-order valence-corrected chi connectivity index (χ0v) is 8.97. The normalized spacial score (nSPS) is 14.0. The lowest BCUT2D eigenvalue weighted by Crippen LogP contribution is -2.48. The molecule has 0 atom stereocenters. The smallest absolute Gasteiger partial charge is 0.0761 e. The summed E-state index contributed by atoms with van der Waals surface area (Å²) in [5.41, 5.74) is 5.47. The zero-order valence-electron chi connectivity index (χ0n) is 6.18. The number of hydrogen-bond acceptors (Lipinski definition) is 3. The molecule has 0 saturated heterocycles. The van der Waals surface area contributed by atoms with Crippen LogP contribution in [0.1, 0.15) is 0 Å². The zero-order chi connectivity index (χ0) is 7.71. The third-order valence-electron chi connectivity index (χ3n) is 1.49. The van der Waals surface area contributed by atoms with Gasteiger partial charge in [0.2, 0.25) is 0 Å². The Morgan fingerprint density at radius 3 is 1.67 bits per heavy atom. The Morgan fingerprint density at radius 1 is 1.33 bits per heavy atom. The number of rotatable bonds is 2. The van der Waals surface area contributed by atoms with Crippen molar-refractivity contribution in [2.24, 2.45) is 5.73 Å². The van der Waals surface area contributed by atoms with Crippen LogP contribution in [-0.4, -0.2) is 18.3 Å². The molecule has 0 saturated carbocycles. The van der Waals surface area contributed by atoms with E-state index in [2.05, 4.69) is 44.9 Å². The summed E-state index contributed by atoms with van der Waals surface area (Å²) < 4.78 is -0.215. The van der Waals surface area contributed by atoms with E-state index >= 15 is 0 Å². The van der Waals surface area contributed by atoms with Gasteiger partial charge in [-0.25, -0.2) is 0 Å². The Hall–Kier alpha value is 0.877. The summed E-state index contributed by atoms with van der Waals surface area (Å²) in [6.45, 7) is 7.18. The van der Waals surface area contributed by atoms with Crippen LogP contribution in [0.5, 0.6) is 0 Å². The van der Waals surface area contributed by atoms with Crippen molar-refractivity contribution >= 4 is 33.3 Å². The van der Waals surface area contributed by atoms with Crippen molar-refractivity contribution in [1.82, 2.24) is 0 Å². The van der Waals surface area contributed by atoms with Gasteiger partial charge >= 0.3 is 0 Å². The molecule has 0 aromatic heterocycles. The summed E-state index contributed by atoms with van der Waals surface area (Å²) in [4.78, 5) is 0. The Kier molecular flexibility index (Phi) is 3.14. The van der Waals surface area contributed by atoms with Gasteiger partial charge in [-0.2, -0.15) is 25.3 Å². The fraction of sp³-hybridized carbons (Fsp3) is 1.00. The first-order chi connectivity index (χ1) is 3.81. The van der Waals surface area contributed by atoms with Gasteiger partial charge in [0.1, 0.15) is 0 Å². The largest absolute Gasteiger partial charge is 0.329 e. The van der Waals surface area contributed by atoms with E-state index < -0.39 is 8.07 Å². The lowest BCUT2D eigenvalue weighted by molar-refractivity contribution is 1.02. The second kappa shape index (κ2) is 2.86. The molecule has 0 heterocycles. The molecule has 0 radical (unpaired) electrons. The molecular formula is C5H15NS2Si. The Morgan fingerprint density at radius 2 is 1.67 bits per heavy atom. The van der Waals surface area contributed by atoms with Gasteiger partial charge in [-0.05, 0) is 0 Å². The summed E-state index contributed by atoms with van der Waals surface area (Å²) in [6, 6.07) is 0. The maximum absolute atomic E-state index is 5.47. The Balaban J connectivity index is 4.14. The first-order valence-electron chi connectivity index (χ1n) is 2.96. The molecule has 0 spiro atoms. The molecule has 0 amide bonds. The molecule has 2 N–H and O–H groups in total. The maximum Gasteiger partial charge on any atom is 0.0761 e. The molecule has 0 aliphatic heterocycles. The highest BCUT2D eigenvalue weighted by Gasteiger charge is 2.35. The van der Waals surface area contributed by atoms with Crippen molar-refractivity contribution in [1.29, 1.82) is 0 Å². The standard InChI is InChI=1S/C5H15NS2Si/c1-9(2,3)5(7,8)4-6/h7-8H,4,6H2,1-3H3. The number of thiol groups is 2. The minimum atomic E-state index is -1.28. The predicted octanol–water partition coefficient (Wildman–Crippen LogP) is 1.38. The van der Waals surface area contributed by atoms with Crippen LogP contribution in [0.25, 0.3) is 0 Å². The van der Waals surface area contributed by atoms with E-state index in [-0.39, 0.29) is 3.70 Å². The number of hydrogen-bond donors (Lipinski definition) is 3. The average Bonchev–Trinajstić information content (AvgIpc) is 1.64. The highest BCUT2D eigenvalue weighted by molar-refractivity contribution is 8.03. The van der Waals surface area contributed by atoms with Crippen LogP contribution in [0.3, 0.4) is 0 Å². The summed E-state index contributed by atoms with van der Waals surface area (Å²) in [5, 5.41) is 0. The van der Waals surface area contributed by atoms with E-state index in [4.69, 9.17) is 5.73 Å². The Bertz CT molecular complexity index is 97.6. The van der Waals surface area contributed by atoms with Gasteiger partial charge in [0.15, 0.2) is 0 Å². The van der Waals surface area contributed by atoms with Crippen molar-refractivity contribution in [3.8, 4) is 0 Å². The lowest BCUT2D eigenvalue weighted by Gasteiger charge is -2.33. The molecule has 56 valence electrons. The monoisotopic (exact) mass is 181 g/mol. The summed E-state index contributed by atoms with van der Waals surface area (Å²) >= 11 is 8.74. The van der Waals surface area contributed by atoms with Crippen LogP contribution in [0.2, 0.25) is 19.6 Å². The molecule has 4 heteroatoms. The number of nitrogens with two attached hydrogens (primary N) is 1. The SMILES string of the molecule is C[Si](C)(C)C(S)(S)CN. The van der Waals surface area contributed by atoms with Gasteiger partial charge in [0.25, 0.3) is 0 Å². The van der Waals surface area contributed by atoms with E-state index in [1.807, 2.05) is 0 Å². The predicted molar refractivity (Wildman–Crippen MR) is 53.1 cm³/mol. The highest BCUT2D eigenvalue weighted by atomic mass is 32.2. The molecule has 0 fully saturated rings. The molecule has 0 bridgehead atoms. The molecular weight excluding hydrogens is 166 g/mol. The topological polar surface area (TPSA) is 26.0 Å². The fourth-order valence-corrected chi connectivity index (χ4v) is 0.919. The van der Waals surface area contributed by atoms with E-state index in [9.17, 15) is 0 Å². The van der Waals surface area contributed by atoms with E-state index in [1.165, 1.54) is 0 Å². The maximum atomic E-state index is 5.47. The van der Waals surface area contributed by atoms with Crippen LogP contribution < -0.4 is 5.73 Å². The third-order valence-corrected chi connectivity index (χ3v) is 8.48. The van der Waals surface area contributed by atoms with Gasteiger partial charge in [-0.15, -0.1) is 0 Å². The molecule has 9 heavy (non-hydrogen) atoms. The molecule has 0 aromatic rings. The van der Waals surface area contributed by atoms with Gasteiger partial charge in [0.05, 0.1) is 11.8 Å². The highest BCUT2D eigenvalue weighted by Crippen LogP contribution is 2.29. The first kappa shape index (κ1) is 9.88. The van der Waals surface area contributed by atoms with Crippen molar-refractivity contribution in [2.45, 2.75) is 23.3 Å². The van der Waals surface area contributed by atoms with Crippen molar-refractivity contribution in [2.75, 3.05) is 6.54 Å². The summed E-state index contributed by atoms with van der Waals surface area (Å²) in [5.74, 6) is 0. The van der Waals surface area contributed by atoms with Crippen LogP contribution in [0.4, 0.5) is 0 Å². The Labute approximate surface area is 69.2 Å². The fourth-order valence-electron chi connectivity index (χ4n) is 0.306. The van der Waals surface area contributed by atoms with Gasteiger partial charge in [-0.1, -0.05) is 19.6 Å².